The molecule has 2 N–H and O–H groups in total. The molecule has 0 fully saturated rings. The summed E-state index contributed by atoms with van der Waals surface area (Å²) >= 11 is 0. The molecular weight excluding hydrogens is 416 g/mol. The number of nitrogens with zero attached hydrogens (tertiary/aromatic N) is 3. The van der Waals surface area contributed by atoms with Gasteiger partial charge in [0.05, 0.1) is 30.2 Å². The number of anilines is 2. The van der Waals surface area contributed by atoms with E-state index in [1.807, 2.05) is 19.1 Å². The van der Waals surface area contributed by atoms with Gasteiger partial charge in [0.25, 0.3) is 0 Å². The largest absolute Gasteiger partial charge is 0.508 e. The van der Waals surface area contributed by atoms with Crippen LogP contribution >= 0.6 is 0 Å². The number of methoxy groups -OCH3 is 1. The molecule has 4 rings (SSSR count). The van der Waals surface area contributed by atoms with Crippen LogP contribution in [0, 0.1) is 11.3 Å². The van der Waals surface area contributed by atoms with Crippen LogP contribution in [0.25, 0.3) is 16.6 Å². The highest BCUT2D eigenvalue weighted by atomic mass is 16.5. The Kier molecular flexibility index (Phi) is 6.09. The van der Waals surface area contributed by atoms with Crippen molar-refractivity contribution in [2.45, 2.75) is 13.5 Å². The molecule has 33 heavy (non-hydrogen) atoms. The Hall–Kier alpha value is -4.57. The van der Waals surface area contributed by atoms with Crippen molar-refractivity contribution in [2.24, 2.45) is 0 Å². The number of allylic oxidation sites excluding steroid dienone is 1. The van der Waals surface area contributed by atoms with E-state index in [1.165, 1.54) is 0 Å². The summed E-state index contributed by atoms with van der Waals surface area (Å²) in [6, 6.07) is 18.1. The minimum absolute atomic E-state index is 0.207. The van der Waals surface area contributed by atoms with Gasteiger partial charge in [0.15, 0.2) is 11.5 Å². The molecule has 0 aliphatic carbocycles. The molecule has 7 nitrogen and oxygen atoms in total. The van der Waals surface area contributed by atoms with Gasteiger partial charge in [-0.1, -0.05) is 18.7 Å². The molecule has 0 aliphatic heterocycles. The van der Waals surface area contributed by atoms with E-state index in [4.69, 9.17) is 9.47 Å². The Morgan fingerprint density at radius 3 is 2.61 bits per heavy atom. The molecule has 0 radical (unpaired) electrons. The van der Waals surface area contributed by atoms with Crippen LogP contribution in [0.5, 0.6) is 17.2 Å². The predicted octanol–water partition coefficient (Wildman–Crippen LogP) is 5.57. The van der Waals surface area contributed by atoms with Crippen LogP contribution in [0.3, 0.4) is 0 Å². The van der Waals surface area contributed by atoms with Crippen molar-refractivity contribution in [2.75, 3.05) is 12.4 Å². The molecule has 0 aliphatic rings. The van der Waals surface area contributed by atoms with E-state index in [0.29, 0.717) is 46.1 Å². The first-order valence-electron chi connectivity index (χ1n) is 10.2. The molecule has 4 aromatic rings. The summed E-state index contributed by atoms with van der Waals surface area (Å²) < 4.78 is 11.4. The molecule has 0 amide bonds. The van der Waals surface area contributed by atoms with Crippen LogP contribution in [0.15, 0.2) is 67.4 Å². The van der Waals surface area contributed by atoms with Crippen LogP contribution < -0.4 is 14.8 Å². The predicted molar refractivity (Wildman–Crippen MR) is 128 cm³/mol. The van der Waals surface area contributed by atoms with Gasteiger partial charge in [-0.05, 0) is 54.5 Å². The zero-order chi connectivity index (χ0) is 23.4. The summed E-state index contributed by atoms with van der Waals surface area (Å²) in [4.78, 5) is 8.97. The van der Waals surface area contributed by atoms with Crippen LogP contribution in [0.2, 0.25) is 0 Å². The maximum Gasteiger partial charge on any atom is 0.162 e. The highest BCUT2D eigenvalue weighted by Gasteiger charge is 2.13. The molecule has 0 saturated carbocycles. The second-order valence-corrected chi connectivity index (χ2v) is 7.45. The summed E-state index contributed by atoms with van der Waals surface area (Å²) in [6.07, 6.45) is 1.65. The van der Waals surface area contributed by atoms with Crippen LogP contribution in [0.1, 0.15) is 23.7 Å². The number of fused-ring (bicyclic) bond motifs is 1. The first-order chi connectivity index (χ1) is 16.0. The summed E-state index contributed by atoms with van der Waals surface area (Å²) in [5.41, 5.74) is 5.23. The van der Waals surface area contributed by atoms with Gasteiger partial charge in [0, 0.05) is 11.8 Å². The molecule has 164 valence electrons. The number of rotatable bonds is 7. The lowest BCUT2D eigenvalue weighted by molar-refractivity contribution is 0.284. The molecule has 0 bridgehead atoms. The van der Waals surface area contributed by atoms with Crippen molar-refractivity contribution >= 4 is 28.0 Å². The first kappa shape index (κ1) is 21.7. The fourth-order valence-corrected chi connectivity index (χ4v) is 3.27. The van der Waals surface area contributed by atoms with Crippen molar-refractivity contribution in [1.82, 2.24) is 9.97 Å². The molecule has 3 aromatic carbocycles. The summed E-state index contributed by atoms with van der Waals surface area (Å²) in [5.74, 6) is 1.33. The quantitative estimate of drug-likeness (QED) is 0.389. The number of nitrogens with one attached hydrogen (secondary N) is 1. The van der Waals surface area contributed by atoms with E-state index in [2.05, 4.69) is 27.9 Å². The summed E-state index contributed by atoms with van der Waals surface area (Å²) in [6.45, 7) is 6.08. The fourth-order valence-electron chi connectivity index (χ4n) is 3.27. The summed E-state index contributed by atoms with van der Waals surface area (Å²) in [5, 5.41) is 22.5. The van der Waals surface area contributed by atoms with Gasteiger partial charge in [-0.2, -0.15) is 5.26 Å². The van der Waals surface area contributed by atoms with E-state index < -0.39 is 0 Å². The van der Waals surface area contributed by atoms with Crippen molar-refractivity contribution < 1.29 is 14.6 Å². The lowest BCUT2D eigenvalue weighted by Gasteiger charge is -2.14. The fraction of sp³-hybridized carbons (Fsp3) is 0.115. The van der Waals surface area contributed by atoms with Crippen molar-refractivity contribution in [3.63, 3.8) is 0 Å². The van der Waals surface area contributed by atoms with Crippen LogP contribution in [-0.4, -0.2) is 22.2 Å². The molecule has 1 heterocycles. The number of nitriles is 1. The maximum absolute atomic E-state index is 9.82. The van der Waals surface area contributed by atoms with E-state index >= 15 is 0 Å². The Balaban J connectivity index is 1.60. The van der Waals surface area contributed by atoms with Gasteiger partial charge in [-0.3, -0.25) is 4.98 Å². The number of hydrogen-bond donors (Lipinski definition) is 2. The number of aromatic nitrogens is 2. The van der Waals surface area contributed by atoms with Gasteiger partial charge < -0.3 is 19.9 Å². The smallest absolute Gasteiger partial charge is 0.162 e. The van der Waals surface area contributed by atoms with Gasteiger partial charge in [-0.15, -0.1) is 0 Å². The number of phenolic OH excluding ortho intramolecular Hbond substituents is 1. The minimum Gasteiger partial charge on any atom is -0.508 e. The number of hydrogen-bond acceptors (Lipinski definition) is 7. The van der Waals surface area contributed by atoms with Gasteiger partial charge in [0.2, 0.25) is 0 Å². The zero-order valence-electron chi connectivity index (χ0n) is 18.3. The van der Waals surface area contributed by atoms with Crippen LogP contribution in [-0.2, 0) is 6.61 Å². The molecule has 0 unspecified atom stereocenters. The maximum atomic E-state index is 9.82. The molecule has 7 heteroatoms. The van der Waals surface area contributed by atoms with Crippen molar-refractivity contribution in [1.29, 1.82) is 5.26 Å². The third-order valence-corrected chi connectivity index (χ3v) is 5.04. The SMILES string of the molecule is C=C(C)c1cnc2ccc(Nc3ccc(OCc4ccc(O)cc4)c(OC)c3)c(C#N)c2n1. The lowest BCUT2D eigenvalue weighted by atomic mass is 10.1. The highest BCUT2D eigenvalue weighted by molar-refractivity contribution is 5.89. The van der Waals surface area contributed by atoms with Gasteiger partial charge in [0.1, 0.15) is 29.5 Å². The first-order valence-corrected chi connectivity index (χ1v) is 10.2. The summed E-state index contributed by atoms with van der Waals surface area (Å²) in [7, 11) is 1.57. The second kappa shape index (κ2) is 9.28. The standard InChI is InChI=1S/C26H22N4O3/c1-16(2)23-14-28-22-10-9-21(20(13-27)26(22)30-23)29-18-6-11-24(25(12-18)32-3)33-15-17-4-7-19(31)8-5-17/h4-12,14,29,31H,1,15H2,2-3H3. The number of phenols is 1. The number of benzene rings is 3. The topological polar surface area (TPSA) is 100 Å². The van der Waals surface area contributed by atoms with Crippen molar-refractivity contribution in [3.8, 4) is 23.3 Å². The number of ether oxygens (including phenoxy) is 2. The third kappa shape index (κ3) is 4.70. The highest BCUT2D eigenvalue weighted by Crippen LogP contribution is 2.34. The second-order valence-electron chi connectivity index (χ2n) is 7.45. The Morgan fingerprint density at radius 2 is 1.91 bits per heavy atom. The van der Waals surface area contributed by atoms with Gasteiger partial charge in [-0.25, -0.2) is 4.98 Å². The van der Waals surface area contributed by atoms with E-state index in [1.54, 1.807) is 55.8 Å². The third-order valence-electron chi connectivity index (χ3n) is 5.04. The van der Waals surface area contributed by atoms with Crippen LogP contribution in [0.4, 0.5) is 11.4 Å². The molecule has 1 aromatic heterocycles. The van der Waals surface area contributed by atoms with E-state index in [9.17, 15) is 10.4 Å². The lowest BCUT2D eigenvalue weighted by Crippen LogP contribution is -2.00. The normalized spacial score (nSPS) is 10.5. The van der Waals surface area contributed by atoms with E-state index in [0.717, 1.165) is 16.8 Å². The minimum atomic E-state index is 0.207. The molecule has 0 saturated heterocycles. The Bertz CT molecular complexity index is 1380. The molecular formula is C26H22N4O3. The average Bonchev–Trinajstić information content (AvgIpc) is 2.83. The monoisotopic (exact) mass is 438 g/mol. The Labute approximate surface area is 191 Å². The van der Waals surface area contributed by atoms with E-state index in [-0.39, 0.29) is 5.75 Å². The number of aromatic hydroxyl groups is 1. The van der Waals surface area contributed by atoms with Gasteiger partial charge >= 0.3 is 0 Å². The Morgan fingerprint density at radius 1 is 1.12 bits per heavy atom. The van der Waals surface area contributed by atoms with Crippen molar-refractivity contribution in [3.05, 3.63) is 84.2 Å². The molecule has 0 spiro atoms. The average molecular weight is 438 g/mol. The molecule has 0 atom stereocenters. The zero-order valence-corrected chi connectivity index (χ0v) is 18.3.